The van der Waals surface area contributed by atoms with Gasteiger partial charge in [-0.25, -0.2) is 9.37 Å². The molecule has 194 valence electrons. The molecule has 3 aliphatic heterocycles. The lowest BCUT2D eigenvalue weighted by molar-refractivity contribution is 0.0390. The van der Waals surface area contributed by atoms with E-state index in [0.29, 0.717) is 37.4 Å². The van der Waals surface area contributed by atoms with Gasteiger partial charge in [-0.1, -0.05) is 12.1 Å². The van der Waals surface area contributed by atoms with E-state index in [4.69, 9.17) is 4.74 Å². The second-order valence-electron chi connectivity index (χ2n) is 10.2. The summed E-state index contributed by atoms with van der Waals surface area (Å²) in [6.07, 6.45) is 6.39. The maximum absolute atomic E-state index is 14.4. The molecule has 0 saturated carbocycles. The zero-order valence-corrected chi connectivity index (χ0v) is 21.2. The minimum absolute atomic E-state index is 0.142. The van der Waals surface area contributed by atoms with Gasteiger partial charge in [0.15, 0.2) is 5.82 Å². The van der Waals surface area contributed by atoms with Gasteiger partial charge in [0.05, 0.1) is 25.0 Å². The van der Waals surface area contributed by atoms with Crippen molar-refractivity contribution in [3.8, 4) is 11.3 Å². The van der Waals surface area contributed by atoms with E-state index in [1.165, 1.54) is 60.9 Å². The Hall–Kier alpha value is -3.30. The van der Waals surface area contributed by atoms with Crippen LogP contribution in [0.5, 0.6) is 0 Å². The summed E-state index contributed by atoms with van der Waals surface area (Å²) in [4.78, 5) is 28.4. The number of benzene rings is 1. The average molecular weight is 505 g/mol. The minimum atomic E-state index is -0.501. The van der Waals surface area contributed by atoms with E-state index in [2.05, 4.69) is 44.0 Å². The molecule has 5 heterocycles. The Kier molecular flexibility index (Phi) is 6.65. The van der Waals surface area contributed by atoms with Crippen molar-refractivity contribution >= 4 is 11.6 Å². The zero-order chi connectivity index (χ0) is 25.4. The summed E-state index contributed by atoms with van der Waals surface area (Å²) in [5, 5.41) is 0. The molecule has 37 heavy (non-hydrogen) atoms. The van der Waals surface area contributed by atoms with Crippen LogP contribution in [-0.4, -0.2) is 71.4 Å². The summed E-state index contributed by atoms with van der Waals surface area (Å²) >= 11 is 0. The molecule has 9 heteroatoms. The van der Waals surface area contributed by atoms with Crippen molar-refractivity contribution in [3.05, 3.63) is 70.5 Å². The maximum Gasteiger partial charge on any atom is 0.255 e. The molecule has 0 unspecified atom stereocenters. The van der Waals surface area contributed by atoms with E-state index >= 15 is 0 Å². The number of anilines is 2. The molecule has 3 fully saturated rings. The van der Waals surface area contributed by atoms with Gasteiger partial charge < -0.3 is 14.5 Å². The summed E-state index contributed by atoms with van der Waals surface area (Å²) in [5.41, 5.74) is 2.70. The average Bonchev–Trinajstić information content (AvgIpc) is 3.63. The van der Waals surface area contributed by atoms with Crippen molar-refractivity contribution in [2.45, 2.75) is 31.4 Å². The Balaban J connectivity index is 1.18. The van der Waals surface area contributed by atoms with Gasteiger partial charge >= 0.3 is 0 Å². The number of halogens is 1. The molecule has 6 rings (SSSR count). The first-order valence-electron chi connectivity index (χ1n) is 13.2. The maximum atomic E-state index is 14.4. The van der Waals surface area contributed by atoms with E-state index < -0.39 is 5.82 Å². The number of aromatic nitrogens is 3. The lowest BCUT2D eigenvalue weighted by atomic mass is 10.1. The number of nitrogens with zero attached hydrogens (tertiary/aromatic N) is 6. The second-order valence-corrected chi connectivity index (χ2v) is 10.2. The van der Waals surface area contributed by atoms with Crippen molar-refractivity contribution in [1.29, 1.82) is 0 Å². The normalized spacial score (nSPS) is 22.6. The Morgan fingerprint density at radius 1 is 1.00 bits per heavy atom. The van der Waals surface area contributed by atoms with Crippen molar-refractivity contribution in [1.82, 2.24) is 19.4 Å². The van der Waals surface area contributed by atoms with Gasteiger partial charge in [0.1, 0.15) is 6.10 Å². The van der Waals surface area contributed by atoms with Gasteiger partial charge in [0.2, 0.25) is 5.95 Å². The van der Waals surface area contributed by atoms with E-state index in [9.17, 15) is 9.18 Å². The van der Waals surface area contributed by atoms with Gasteiger partial charge in [-0.15, -0.1) is 0 Å². The van der Waals surface area contributed by atoms with Crippen LogP contribution in [0.3, 0.4) is 0 Å². The van der Waals surface area contributed by atoms with Gasteiger partial charge in [0.25, 0.3) is 5.56 Å². The monoisotopic (exact) mass is 504 g/mol. The fourth-order valence-corrected chi connectivity index (χ4v) is 5.84. The molecule has 0 bridgehead atoms. The first-order chi connectivity index (χ1) is 18.1. The second kappa shape index (κ2) is 10.2. The molecule has 0 radical (unpaired) electrons. The lowest BCUT2D eigenvalue weighted by Gasteiger charge is -2.34. The molecule has 3 aliphatic rings. The molecule has 0 amide bonds. The predicted octanol–water partition coefficient (Wildman–Crippen LogP) is 3.23. The van der Waals surface area contributed by atoms with Crippen LogP contribution in [0.25, 0.3) is 11.3 Å². The third kappa shape index (κ3) is 4.85. The van der Waals surface area contributed by atoms with Crippen molar-refractivity contribution in [2.24, 2.45) is 7.05 Å². The molecular weight excluding hydrogens is 471 g/mol. The van der Waals surface area contributed by atoms with Crippen LogP contribution in [-0.2, 0) is 11.8 Å². The first-order valence-corrected chi connectivity index (χ1v) is 13.2. The Morgan fingerprint density at radius 3 is 2.59 bits per heavy atom. The van der Waals surface area contributed by atoms with E-state index in [1.54, 1.807) is 7.05 Å². The molecule has 1 aromatic carbocycles. The van der Waals surface area contributed by atoms with Crippen LogP contribution in [0.15, 0.2) is 53.6 Å². The highest BCUT2D eigenvalue weighted by Gasteiger charge is 2.30. The van der Waals surface area contributed by atoms with Crippen LogP contribution < -0.4 is 15.4 Å². The standard InChI is InChI=1S/C28H33FN6O2/c1-32-27(36)16-25(23-8-10-30-17-24(23)29)31-28(32)35-14-15-37-26(19-35)20-4-6-21(7-5-20)34-13-9-22(18-34)33-11-2-3-12-33/h4-8,10,16-17,22,26H,2-3,9,11-15,18-19H2,1H3/t22-,26+/m0/s1. The number of rotatable bonds is 5. The van der Waals surface area contributed by atoms with E-state index in [0.717, 1.165) is 24.8 Å². The quantitative estimate of drug-likeness (QED) is 0.529. The number of likely N-dealkylation sites (tertiary alicyclic amines) is 1. The Bertz CT molecular complexity index is 1310. The number of hydrogen-bond acceptors (Lipinski definition) is 7. The molecule has 0 N–H and O–H groups in total. The van der Waals surface area contributed by atoms with E-state index in [1.807, 2.05) is 4.90 Å². The highest BCUT2D eigenvalue weighted by atomic mass is 19.1. The van der Waals surface area contributed by atoms with Crippen molar-refractivity contribution in [2.75, 3.05) is 55.7 Å². The summed E-state index contributed by atoms with van der Waals surface area (Å²) < 4.78 is 22.0. The van der Waals surface area contributed by atoms with Crippen LogP contribution in [0.1, 0.15) is 30.9 Å². The molecule has 3 saturated heterocycles. The zero-order valence-electron chi connectivity index (χ0n) is 21.2. The third-order valence-electron chi connectivity index (χ3n) is 7.96. The molecule has 2 aromatic heterocycles. The van der Waals surface area contributed by atoms with E-state index in [-0.39, 0.29) is 17.2 Å². The lowest BCUT2D eigenvalue weighted by Crippen LogP contribution is -2.41. The van der Waals surface area contributed by atoms with Gasteiger partial charge in [0, 0.05) is 56.2 Å². The minimum Gasteiger partial charge on any atom is -0.370 e. The van der Waals surface area contributed by atoms with Crippen molar-refractivity contribution < 1.29 is 9.13 Å². The fraction of sp³-hybridized carbons (Fsp3) is 0.464. The third-order valence-corrected chi connectivity index (χ3v) is 7.96. The highest BCUT2D eigenvalue weighted by Crippen LogP contribution is 2.30. The number of morpholine rings is 1. The summed E-state index contributed by atoms with van der Waals surface area (Å²) in [6.45, 7) is 6.36. The first kappa shape index (κ1) is 24.1. The smallest absolute Gasteiger partial charge is 0.255 e. The molecule has 0 spiro atoms. The van der Waals surface area contributed by atoms with Crippen LogP contribution in [0.4, 0.5) is 16.0 Å². The Morgan fingerprint density at radius 2 is 1.81 bits per heavy atom. The molecular formula is C28H33FN6O2. The predicted molar refractivity (Wildman–Crippen MR) is 141 cm³/mol. The topological polar surface area (TPSA) is 66.7 Å². The fourth-order valence-electron chi connectivity index (χ4n) is 5.84. The largest absolute Gasteiger partial charge is 0.370 e. The number of ether oxygens (including phenoxy) is 1. The molecule has 2 atom stereocenters. The summed E-state index contributed by atoms with van der Waals surface area (Å²) in [6, 6.07) is 12.3. The summed E-state index contributed by atoms with van der Waals surface area (Å²) in [5.74, 6) is 0.00699. The Labute approximate surface area is 216 Å². The number of pyridine rings is 1. The van der Waals surface area contributed by atoms with Crippen molar-refractivity contribution in [3.63, 3.8) is 0 Å². The number of hydrogen-bond donors (Lipinski definition) is 0. The van der Waals surface area contributed by atoms with Crippen LogP contribution in [0.2, 0.25) is 0 Å². The highest BCUT2D eigenvalue weighted by molar-refractivity contribution is 5.60. The van der Waals surface area contributed by atoms with Gasteiger partial charge in [-0.2, -0.15) is 0 Å². The SMILES string of the molecule is Cn1c(N2CCO[C@@H](c3ccc(N4CC[C@H](N5CCCC5)C4)cc3)C2)nc(-c2ccncc2F)cc1=O. The van der Waals surface area contributed by atoms with Gasteiger partial charge in [-0.3, -0.25) is 19.2 Å². The molecule has 8 nitrogen and oxygen atoms in total. The van der Waals surface area contributed by atoms with Crippen LogP contribution in [0, 0.1) is 5.82 Å². The van der Waals surface area contributed by atoms with Gasteiger partial charge in [-0.05, 0) is 56.1 Å². The van der Waals surface area contributed by atoms with Crippen LogP contribution >= 0.6 is 0 Å². The summed E-state index contributed by atoms with van der Waals surface area (Å²) in [7, 11) is 1.70. The molecule has 3 aromatic rings. The molecule has 0 aliphatic carbocycles.